The standard InChI is InChI=1S/C17H25NO2/c1-19-15-7-5-6-14(16(15)20-13-8-9-13)17(12-18)10-3-2-4-11-17/h5-7,13H,2-4,8-12,18H2,1H3. The molecule has 2 N–H and O–H groups in total. The second-order valence-electron chi connectivity index (χ2n) is 6.20. The summed E-state index contributed by atoms with van der Waals surface area (Å²) in [6.45, 7) is 0.696. The lowest BCUT2D eigenvalue weighted by atomic mass is 9.69. The number of methoxy groups -OCH3 is 1. The van der Waals surface area contributed by atoms with E-state index in [9.17, 15) is 0 Å². The lowest BCUT2D eigenvalue weighted by Gasteiger charge is -2.38. The van der Waals surface area contributed by atoms with E-state index in [4.69, 9.17) is 15.2 Å². The number of nitrogens with two attached hydrogens (primary N) is 1. The van der Waals surface area contributed by atoms with Crippen LogP contribution >= 0.6 is 0 Å². The summed E-state index contributed by atoms with van der Waals surface area (Å²) in [7, 11) is 1.72. The molecule has 0 radical (unpaired) electrons. The summed E-state index contributed by atoms with van der Waals surface area (Å²) in [5, 5.41) is 0. The van der Waals surface area contributed by atoms with E-state index >= 15 is 0 Å². The molecule has 0 amide bonds. The highest BCUT2D eigenvalue weighted by molar-refractivity contribution is 5.51. The van der Waals surface area contributed by atoms with Crippen LogP contribution in [0.3, 0.4) is 0 Å². The summed E-state index contributed by atoms with van der Waals surface area (Å²) in [5.74, 6) is 1.80. The lowest BCUT2D eigenvalue weighted by Crippen LogP contribution is -2.37. The molecule has 0 bridgehead atoms. The molecule has 2 aliphatic carbocycles. The zero-order chi connectivity index (χ0) is 14.0. The predicted molar refractivity (Wildman–Crippen MR) is 80.5 cm³/mol. The van der Waals surface area contributed by atoms with Gasteiger partial charge in [-0.05, 0) is 31.7 Å². The van der Waals surface area contributed by atoms with Gasteiger partial charge in [0.2, 0.25) is 0 Å². The molecule has 20 heavy (non-hydrogen) atoms. The summed E-state index contributed by atoms with van der Waals surface area (Å²) in [6, 6.07) is 6.26. The number of ether oxygens (including phenoxy) is 2. The third kappa shape index (κ3) is 2.51. The minimum absolute atomic E-state index is 0.0804. The number of para-hydroxylation sites is 1. The second-order valence-corrected chi connectivity index (χ2v) is 6.20. The van der Waals surface area contributed by atoms with Crippen LogP contribution in [-0.2, 0) is 5.41 Å². The molecule has 1 aromatic rings. The Morgan fingerprint density at radius 2 is 1.95 bits per heavy atom. The Kier molecular flexibility index (Phi) is 3.88. The predicted octanol–water partition coefficient (Wildman–Crippen LogP) is 3.40. The summed E-state index contributed by atoms with van der Waals surface area (Å²) in [6.07, 6.45) is 8.87. The first-order chi connectivity index (χ1) is 9.79. The Bertz CT molecular complexity index is 462. The topological polar surface area (TPSA) is 44.5 Å². The fourth-order valence-electron chi connectivity index (χ4n) is 3.38. The van der Waals surface area contributed by atoms with Crippen molar-refractivity contribution in [2.45, 2.75) is 56.5 Å². The van der Waals surface area contributed by atoms with Crippen molar-refractivity contribution in [3.05, 3.63) is 23.8 Å². The maximum atomic E-state index is 6.18. The summed E-state index contributed by atoms with van der Waals surface area (Å²) >= 11 is 0. The van der Waals surface area contributed by atoms with Crippen LogP contribution in [0.15, 0.2) is 18.2 Å². The average Bonchev–Trinajstić information content (AvgIpc) is 3.32. The molecule has 1 aromatic carbocycles. The SMILES string of the molecule is COc1cccc(C2(CN)CCCCC2)c1OC1CC1. The quantitative estimate of drug-likeness (QED) is 0.895. The highest BCUT2D eigenvalue weighted by Gasteiger charge is 2.37. The number of hydrogen-bond donors (Lipinski definition) is 1. The molecule has 0 saturated heterocycles. The van der Waals surface area contributed by atoms with E-state index in [0.29, 0.717) is 12.6 Å². The molecule has 0 spiro atoms. The molecule has 2 fully saturated rings. The third-order valence-corrected chi connectivity index (χ3v) is 4.78. The van der Waals surface area contributed by atoms with Crippen molar-refractivity contribution in [3.63, 3.8) is 0 Å². The number of benzene rings is 1. The molecule has 0 heterocycles. The Hall–Kier alpha value is -1.22. The van der Waals surface area contributed by atoms with E-state index in [-0.39, 0.29) is 5.41 Å². The van der Waals surface area contributed by atoms with E-state index in [2.05, 4.69) is 12.1 Å². The first-order valence-corrected chi connectivity index (χ1v) is 7.83. The van der Waals surface area contributed by atoms with Crippen LogP contribution in [-0.4, -0.2) is 19.8 Å². The Labute approximate surface area is 121 Å². The van der Waals surface area contributed by atoms with Gasteiger partial charge in [-0.2, -0.15) is 0 Å². The molecule has 3 heteroatoms. The van der Waals surface area contributed by atoms with Gasteiger partial charge in [0.1, 0.15) is 0 Å². The van der Waals surface area contributed by atoms with Crippen molar-refractivity contribution >= 4 is 0 Å². The highest BCUT2D eigenvalue weighted by Crippen LogP contribution is 2.47. The van der Waals surface area contributed by atoms with Crippen molar-refractivity contribution in [1.82, 2.24) is 0 Å². The number of rotatable bonds is 5. The van der Waals surface area contributed by atoms with Crippen molar-refractivity contribution in [2.24, 2.45) is 5.73 Å². The normalized spacial score (nSPS) is 21.5. The van der Waals surface area contributed by atoms with Crippen LogP contribution < -0.4 is 15.2 Å². The molecule has 2 saturated carbocycles. The molecule has 110 valence electrons. The highest BCUT2D eigenvalue weighted by atomic mass is 16.5. The van der Waals surface area contributed by atoms with Crippen LogP contribution in [0.2, 0.25) is 0 Å². The molecule has 0 aromatic heterocycles. The fourth-order valence-corrected chi connectivity index (χ4v) is 3.38. The van der Waals surface area contributed by atoms with E-state index in [0.717, 1.165) is 37.2 Å². The molecule has 0 unspecified atom stereocenters. The van der Waals surface area contributed by atoms with Crippen LogP contribution in [0.4, 0.5) is 0 Å². The molecule has 3 nitrogen and oxygen atoms in total. The van der Waals surface area contributed by atoms with Gasteiger partial charge in [0.25, 0.3) is 0 Å². The van der Waals surface area contributed by atoms with Gasteiger partial charge in [-0.25, -0.2) is 0 Å². The molecule has 0 atom stereocenters. The van der Waals surface area contributed by atoms with Crippen molar-refractivity contribution in [1.29, 1.82) is 0 Å². The van der Waals surface area contributed by atoms with Crippen LogP contribution in [0.5, 0.6) is 11.5 Å². The van der Waals surface area contributed by atoms with Crippen molar-refractivity contribution in [3.8, 4) is 11.5 Å². The zero-order valence-electron chi connectivity index (χ0n) is 12.4. The minimum atomic E-state index is 0.0804. The van der Waals surface area contributed by atoms with E-state index < -0.39 is 0 Å². The molecule has 3 rings (SSSR count). The van der Waals surface area contributed by atoms with Crippen LogP contribution in [0, 0.1) is 0 Å². The maximum Gasteiger partial charge on any atom is 0.165 e. The van der Waals surface area contributed by atoms with Crippen LogP contribution in [0.1, 0.15) is 50.5 Å². The van der Waals surface area contributed by atoms with E-state index in [1.54, 1.807) is 7.11 Å². The van der Waals surface area contributed by atoms with Gasteiger partial charge in [0, 0.05) is 17.5 Å². The zero-order valence-corrected chi connectivity index (χ0v) is 12.4. The molecule has 2 aliphatic rings. The van der Waals surface area contributed by atoms with Gasteiger partial charge in [-0.15, -0.1) is 0 Å². The third-order valence-electron chi connectivity index (χ3n) is 4.78. The first kappa shape index (κ1) is 13.7. The summed E-state index contributed by atoms with van der Waals surface area (Å²) in [5.41, 5.74) is 7.53. The second kappa shape index (κ2) is 5.65. The Morgan fingerprint density at radius 3 is 2.55 bits per heavy atom. The summed E-state index contributed by atoms with van der Waals surface area (Å²) < 4.78 is 11.7. The van der Waals surface area contributed by atoms with Crippen LogP contribution in [0.25, 0.3) is 0 Å². The van der Waals surface area contributed by atoms with E-state index in [1.807, 2.05) is 6.07 Å². The van der Waals surface area contributed by atoms with Gasteiger partial charge < -0.3 is 15.2 Å². The smallest absolute Gasteiger partial charge is 0.165 e. The van der Waals surface area contributed by atoms with Crippen molar-refractivity contribution < 1.29 is 9.47 Å². The first-order valence-electron chi connectivity index (χ1n) is 7.83. The maximum absolute atomic E-state index is 6.18. The van der Waals surface area contributed by atoms with Gasteiger partial charge in [0.15, 0.2) is 11.5 Å². The molecule has 0 aliphatic heterocycles. The largest absolute Gasteiger partial charge is 0.493 e. The summed E-state index contributed by atoms with van der Waals surface area (Å²) in [4.78, 5) is 0. The average molecular weight is 275 g/mol. The van der Waals surface area contributed by atoms with Gasteiger partial charge in [-0.3, -0.25) is 0 Å². The Balaban J connectivity index is 2.01. The Morgan fingerprint density at radius 1 is 1.20 bits per heavy atom. The lowest BCUT2D eigenvalue weighted by molar-refractivity contribution is 0.251. The molecular weight excluding hydrogens is 250 g/mol. The minimum Gasteiger partial charge on any atom is -0.493 e. The van der Waals surface area contributed by atoms with Gasteiger partial charge in [0.05, 0.1) is 13.2 Å². The van der Waals surface area contributed by atoms with Gasteiger partial charge in [-0.1, -0.05) is 31.4 Å². The monoisotopic (exact) mass is 275 g/mol. The molecular formula is C17H25NO2. The number of hydrogen-bond acceptors (Lipinski definition) is 3. The van der Waals surface area contributed by atoms with Gasteiger partial charge >= 0.3 is 0 Å². The fraction of sp³-hybridized carbons (Fsp3) is 0.647. The van der Waals surface area contributed by atoms with Crippen molar-refractivity contribution in [2.75, 3.05) is 13.7 Å². The van der Waals surface area contributed by atoms with E-state index in [1.165, 1.54) is 24.8 Å².